The van der Waals surface area contributed by atoms with Crippen LogP contribution in [0.2, 0.25) is 0 Å². The number of benzene rings is 1. The molecule has 2 rings (SSSR count). The molecular formula is C20H30N2O3. The first-order valence-electron chi connectivity index (χ1n) is 9.17. The number of amides is 1. The first-order valence-corrected chi connectivity index (χ1v) is 9.17. The van der Waals surface area contributed by atoms with Gasteiger partial charge in [-0.2, -0.15) is 0 Å². The molecule has 1 aliphatic rings. The molecule has 1 aromatic carbocycles. The fourth-order valence-corrected chi connectivity index (χ4v) is 4.17. The molecule has 1 saturated heterocycles. The average Bonchev–Trinajstić information content (AvgIpc) is 2.87. The van der Waals surface area contributed by atoms with Crippen molar-refractivity contribution in [2.75, 3.05) is 19.6 Å². The van der Waals surface area contributed by atoms with Crippen molar-refractivity contribution in [3.05, 3.63) is 35.9 Å². The minimum absolute atomic E-state index is 0.00187. The Kier molecular flexibility index (Phi) is 6.59. The maximum Gasteiger partial charge on any atom is 0.307 e. The summed E-state index contributed by atoms with van der Waals surface area (Å²) in [4.78, 5) is 26.9. The van der Waals surface area contributed by atoms with Crippen molar-refractivity contribution in [3.8, 4) is 0 Å². The summed E-state index contributed by atoms with van der Waals surface area (Å²) in [6.07, 6.45) is 2.35. The molecule has 1 aromatic rings. The zero-order chi connectivity index (χ0) is 18.4. The van der Waals surface area contributed by atoms with Gasteiger partial charge >= 0.3 is 5.97 Å². The van der Waals surface area contributed by atoms with Crippen LogP contribution in [0.15, 0.2) is 30.3 Å². The third kappa shape index (κ3) is 4.40. The normalized spacial score (nSPS) is 21.8. The highest BCUT2D eigenvalue weighted by Crippen LogP contribution is 2.46. The van der Waals surface area contributed by atoms with Crippen LogP contribution >= 0.6 is 0 Å². The molecule has 0 aliphatic carbocycles. The molecular weight excluding hydrogens is 316 g/mol. The van der Waals surface area contributed by atoms with E-state index in [1.54, 1.807) is 0 Å². The van der Waals surface area contributed by atoms with Gasteiger partial charge in [0.25, 0.3) is 0 Å². The first-order chi connectivity index (χ1) is 11.9. The summed E-state index contributed by atoms with van der Waals surface area (Å²) in [7, 11) is 0. The molecule has 2 unspecified atom stereocenters. The van der Waals surface area contributed by atoms with Crippen molar-refractivity contribution in [2.24, 2.45) is 23.0 Å². The van der Waals surface area contributed by atoms with Gasteiger partial charge in [-0.05, 0) is 43.7 Å². The van der Waals surface area contributed by atoms with Crippen LogP contribution in [0.1, 0.15) is 38.7 Å². The summed E-state index contributed by atoms with van der Waals surface area (Å²) in [5.74, 6) is -1.34. The van der Waals surface area contributed by atoms with E-state index >= 15 is 0 Å². The third-order valence-electron chi connectivity index (χ3n) is 5.25. The predicted octanol–water partition coefficient (Wildman–Crippen LogP) is 2.54. The summed E-state index contributed by atoms with van der Waals surface area (Å²) in [5, 5.41) is 9.73. The van der Waals surface area contributed by atoms with Gasteiger partial charge in [0.05, 0.1) is 11.3 Å². The number of likely N-dealkylation sites (tertiary alicyclic amines) is 1. The van der Waals surface area contributed by atoms with E-state index in [2.05, 4.69) is 12.1 Å². The lowest BCUT2D eigenvalue weighted by Gasteiger charge is -2.35. The molecule has 0 aromatic heterocycles. The number of hydrogen-bond donors (Lipinski definition) is 2. The largest absolute Gasteiger partial charge is 0.481 e. The Hall–Kier alpha value is -1.88. The Morgan fingerprint density at radius 3 is 2.56 bits per heavy atom. The molecule has 1 fully saturated rings. The Morgan fingerprint density at radius 1 is 1.32 bits per heavy atom. The highest BCUT2D eigenvalue weighted by molar-refractivity contribution is 5.90. The number of carbonyl (C=O) groups excluding carboxylic acids is 1. The van der Waals surface area contributed by atoms with Crippen LogP contribution in [0.5, 0.6) is 0 Å². The molecule has 138 valence electrons. The zero-order valence-electron chi connectivity index (χ0n) is 15.3. The predicted molar refractivity (Wildman–Crippen MR) is 98.0 cm³/mol. The number of rotatable bonds is 9. The van der Waals surface area contributed by atoms with Gasteiger partial charge in [0.2, 0.25) is 5.91 Å². The quantitative estimate of drug-likeness (QED) is 0.720. The molecule has 5 nitrogen and oxygen atoms in total. The summed E-state index contributed by atoms with van der Waals surface area (Å²) >= 11 is 0. The fraction of sp³-hybridized carbons (Fsp3) is 0.600. The zero-order valence-corrected chi connectivity index (χ0v) is 15.3. The number of carboxylic acid groups (broad SMARTS) is 1. The Balaban J connectivity index is 2.17. The molecule has 3 N–H and O–H groups in total. The van der Waals surface area contributed by atoms with E-state index in [9.17, 15) is 14.7 Å². The highest BCUT2D eigenvalue weighted by atomic mass is 16.4. The molecule has 1 aliphatic heterocycles. The Morgan fingerprint density at radius 2 is 2.00 bits per heavy atom. The molecule has 0 spiro atoms. The van der Waals surface area contributed by atoms with Crippen molar-refractivity contribution in [1.82, 2.24) is 4.90 Å². The first kappa shape index (κ1) is 19.4. The van der Waals surface area contributed by atoms with Crippen LogP contribution in [-0.4, -0.2) is 41.5 Å². The van der Waals surface area contributed by atoms with Crippen molar-refractivity contribution in [3.63, 3.8) is 0 Å². The lowest BCUT2D eigenvalue weighted by molar-refractivity contribution is -0.155. The molecule has 0 radical (unpaired) electrons. The van der Waals surface area contributed by atoms with Gasteiger partial charge in [-0.15, -0.1) is 0 Å². The van der Waals surface area contributed by atoms with Crippen LogP contribution in [0.4, 0.5) is 0 Å². The maximum absolute atomic E-state index is 13.2. The van der Waals surface area contributed by atoms with Gasteiger partial charge in [-0.25, -0.2) is 0 Å². The van der Waals surface area contributed by atoms with Gasteiger partial charge in [0, 0.05) is 13.1 Å². The number of carbonyl (C=O) groups is 2. The van der Waals surface area contributed by atoms with Gasteiger partial charge in [0.15, 0.2) is 0 Å². The van der Waals surface area contributed by atoms with Crippen LogP contribution < -0.4 is 5.73 Å². The highest BCUT2D eigenvalue weighted by Gasteiger charge is 2.54. The number of hydrogen-bond acceptors (Lipinski definition) is 3. The minimum atomic E-state index is -0.899. The van der Waals surface area contributed by atoms with E-state index in [-0.39, 0.29) is 18.4 Å². The molecule has 5 heteroatoms. The fourth-order valence-electron chi connectivity index (χ4n) is 4.17. The molecule has 0 bridgehead atoms. The van der Waals surface area contributed by atoms with Gasteiger partial charge < -0.3 is 15.7 Å². The molecule has 1 amide bonds. The standard InChI is InChI=1S/C20H30N2O3/c1-15(2)14-20(17(8-11-21)18(23)24)10-13-22(19(20)25)12-9-16-6-4-3-5-7-16/h3-7,15,17H,8-14,21H2,1-2H3,(H,23,24). The number of aliphatic carboxylic acids is 1. The molecule has 25 heavy (non-hydrogen) atoms. The van der Waals surface area contributed by atoms with Gasteiger partial charge in [-0.1, -0.05) is 44.2 Å². The van der Waals surface area contributed by atoms with E-state index in [4.69, 9.17) is 5.73 Å². The minimum Gasteiger partial charge on any atom is -0.481 e. The van der Waals surface area contributed by atoms with Crippen LogP contribution in [-0.2, 0) is 16.0 Å². The van der Waals surface area contributed by atoms with Crippen molar-refractivity contribution < 1.29 is 14.7 Å². The lowest BCUT2D eigenvalue weighted by Crippen LogP contribution is -2.45. The molecule has 0 saturated carbocycles. The molecule has 1 heterocycles. The van der Waals surface area contributed by atoms with Crippen LogP contribution in [0.3, 0.4) is 0 Å². The second kappa shape index (κ2) is 8.48. The number of nitrogens with zero attached hydrogens (tertiary/aromatic N) is 1. The van der Waals surface area contributed by atoms with Crippen LogP contribution in [0, 0.1) is 17.3 Å². The maximum atomic E-state index is 13.2. The second-order valence-corrected chi connectivity index (χ2v) is 7.50. The monoisotopic (exact) mass is 346 g/mol. The molecule has 2 atom stereocenters. The Labute approximate surface area is 150 Å². The van der Waals surface area contributed by atoms with Crippen molar-refractivity contribution >= 4 is 11.9 Å². The van der Waals surface area contributed by atoms with Crippen molar-refractivity contribution in [2.45, 2.75) is 39.5 Å². The van der Waals surface area contributed by atoms with E-state index in [0.717, 1.165) is 6.42 Å². The smallest absolute Gasteiger partial charge is 0.307 e. The SMILES string of the molecule is CC(C)CC1(C(CCN)C(=O)O)CCN(CCc2ccccc2)C1=O. The average molecular weight is 346 g/mol. The van der Waals surface area contributed by atoms with E-state index in [1.165, 1.54) is 5.56 Å². The van der Waals surface area contributed by atoms with E-state index < -0.39 is 17.3 Å². The Bertz CT molecular complexity index is 588. The number of carboxylic acids is 1. The third-order valence-corrected chi connectivity index (χ3v) is 5.25. The summed E-state index contributed by atoms with van der Waals surface area (Å²) in [6.45, 7) is 5.64. The topological polar surface area (TPSA) is 83.6 Å². The number of nitrogens with two attached hydrogens (primary N) is 1. The van der Waals surface area contributed by atoms with Crippen molar-refractivity contribution in [1.29, 1.82) is 0 Å². The summed E-state index contributed by atoms with van der Waals surface area (Å²) < 4.78 is 0. The summed E-state index contributed by atoms with van der Waals surface area (Å²) in [5.41, 5.74) is 6.03. The second-order valence-electron chi connectivity index (χ2n) is 7.50. The summed E-state index contributed by atoms with van der Waals surface area (Å²) in [6, 6.07) is 10.1. The lowest BCUT2D eigenvalue weighted by atomic mass is 9.67. The van der Waals surface area contributed by atoms with E-state index in [0.29, 0.717) is 32.4 Å². The van der Waals surface area contributed by atoms with Gasteiger partial charge in [0.1, 0.15) is 0 Å². The van der Waals surface area contributed by atoms with Crippen LogP contribution in [0.25, 0.3) is 0 Å². The van der Waals surface area contributed by atoms with Gasteiger partial charge in [-0.3, -0.25) is 9.59 Å². The van der Waals surface area contributed by atoms with E-state index in [1.807, 2.05) is 36.9 Å².